The van der Waals surface area contributed by atoms with E-state index in [4.69, 9.17) is 0 Å². The highest BCUT2D eigenvalue weighted by Crippen LogP contribution is 2.29. The van der Waals surface area contributed by atoms with Crippen molar-refractivity contribution in [1.29, 1.82) is 0 Å². The summed E-state index contributed by atoms with van der Waals surface area (Å²) in [5.74, 6) is 0.780. The summed E-state index contributed by atoms with van der Waals surface area (Å²) in [5, 5.41) is 6.69. The summed E-state index contributed by atoms with van der Waals surface area (Å²) in [6, 6.07) is 1.31. The van der Waals surface area contributed by atoms with Crippen LogP contribution in [-0.4, -0.2) is 70.3 Å². The first-order valence-electron chi connectivity index (χ1n) is 8.21. The fourth-order valence-corrected chi connectivity index (χ4v) is 3.22. The van der Waals surface area contributed by atoms with Gasteiger partial charge in [0.2, 0.25) is 10.0 Å². The molecule has 2 fully saturated rings. The molecule has 2 aliphatic rings. The average Bonchev–Trinajstić information content (AvgIpc) is 3.28. The molecule has 1 aliphatic carbocycles. The molecule has 136 valence electrons. The van der Waals surface area contributed by atoms with Crippen molar-refractivity contribution in [2.75, 3.05) is 39.0 Å². The molecule has 1 aliphatic heterocycles. The Morgan fingerprint density at radius 3 is 2.39 bits per heavy atom. The Hall–Kier alpha value is -0.130. The fraction of sp³-hybridized carbons (Fsp3) is 0.929. The van der Waals surface area contributed by atoms with Gasteiger partial charge in [-0.3, -0.25) is 4.99 Å². The quantitative estimate of drug-likeness (QED) is 0.221. The summed E-state index contributed by atoms with van der Waals surface area (Å²) in [6.45, 7) is 5.92. The highest BCUT2D eigenvalue weighted by Gasteiger charge is 2.31. The van der Waals surface area contributed by atoms with E-state index in [1.165, 1.54) is 12.8 Å². The van der Waals surface area contributed by atoms with Gasteiger partial charge in [0.1, 0.15) is 0 Å². The molecule has 0 atom stereocenters. The van der Waals surface area contributed by atoms with Crippen LogP contribution in [0.3, 0.4) is 0 Å². The van der Waals surface area contributed by atoms with Gasteiger partial charge in [-0.25, -0.2) is 13.1 Å². The number of hydrogen-bond acceptors (Lipinski definition) is 4. The minimum Gasteiger partial charge on any atom is -0.357 e. The largest absolute Gasteiger partial charge is 0.357 e. The van der Waals surface area contributed by atoms with Gasteiger partial charge in [0.25, 0.3) is 0 Å². The number of hydrogen-bond donors (Lipinski definition) is 3. The molecule has 2 rings (SSSR count). The van der Waals surface area contributed by atoms with Crippen molar-refractivity contribution in [2.45, 2.75) is 44.7 Å². The van der Waals surface area contributed by atoms with Crippen molar-refractivity contribution in [3.8, 4) is 0 Å². The summed E-state index contributed by atoms with van der Waals surface area (Å²) in [7, 11) is -3.14. The number of halogens is 1. The Bertz CT molecular complexity index is 474. The second kappa shape index (κ2) is 10.00. The van der Waals surface area contributed by atoms with Crippen LogP contribution in [-0.2, 0) is 10.0 Å². The van der Waals surface area contributed by atoms with Crippen LogP contribution in [0, 0.1) is 0 Å². The Labute approximate surface area is 157 Å². The van der Waals surface area contributed by atoms with Gasteiger partial charge in [0.05, 0.1) is 12.8 Å². The van der Waals surface area contributed by atoms with E-state index in [2.05, 4.69) is 25.2 Å². The molecule has 9 heteroatoms. The Kier molecular flexibility index (Phi) is 9.09. The van der Waals surface area contributed by atoms with Crippen molar-refractivity contribution >= 4 is 40.0 Å². The van der Waals surface area contributed by atoms with Crippen LogP contribution < -0.4 is 15.4 Å². The number of rotatable bonds is 7. The van der Waals surface area contributed by atoms with Crippen molar-refractivity contribution in [1.82, 2.24) is 20.3 Å². The van der Waals surface area contributed by atoms with Gasteiger partial charge in [-0.05, 0) is 32.6 Å². The van der Waals surface area contributed by atoms with Crippen molar-refractivity contribution < 1.29 is 8.42 Å². The van der Waals surface area contributed by atoms with Crippen LogP contribution >= 0.6 is 24.0 Å². The standard InChI is InChI=1S/C14H29N5O2S.HI/c1-3-15-14(16-8-9-17-22(2,20)21)18-12-6-10-19(11-7-12)13-4-5-13;/h12-13,17H,3-11H2,1-2H3,(H2,15,16,18);1H. The van der Waals surface area contributed by atoms with Gasteiger partial charge >= 0.3 is 0 Å². The monoisotopic (exact) mass is 459 g/mol. The maximum Gasteiger partial charge on any atom is 0.208 e. The van der Waals surface area contributed by atoms with Crippen molar-refractivity contribution in [3.63, 3.8) is 0 Å². The molecule has 0 spiro atoms. The summed E-state index contributed by atoms with van der Waals surface area (Å²) >= 11 is 0. The van der Waals surface area contributed by atoms with Gasteiger partial charge in [-0.15, -0.1) is 24.0 Å². The predicted octanol–water partition coefficient (Wildman–Crippen LogP) is 0.336. The molecule has 0 unspecified atom stereocenters. The average molecular weight is 459 g/mol. The van der Waals surface area contributed by atoms with E-state index >= 15 is 0 Å². The summed E-state index contributed by atoms with van der Waals surface area (Å²) in [5.41, 5.74) is 0. The van der Waals surface area contributed by atoms with E-state index in [9.17, 15) is 8.42 Å². The molecule has 7 nitrogen and oxygen atoms in total. The van der Waals surface area contributed by atoms with Crippen LogP contribution in [0.1, 0.15) is 32.6 Å². The van der Waals surface area contributed by atoms with Gasteiger partial charge in [0, 0.05) is 38.3 Å². The van der Waals surface area contributed by atoms with Crippen LogP contribution in [0.5, 0.6) is 0 Å². The Morgan fingerprint density at radius 2 is 1.87 bits per heavy atom. The van der Waals surface area contributed by atoms with Gasteiger partial charge in [-0.2, -0.15) is 0 Å². The Balaban J connectivity index is 0.00000264. The van der Waals surface area contributed by atoms with Crippen molar-refractivity contribution in [2.24, 2.45) is 4.99 Å². The maximum atomic E-state index is 11.0. The zero-order valence-corrected chi connectivity index (χ0v) is 17.2. The smallest absolute Gasteiger partial charge is 0.208 e. The first-order chi connectivity index (χ1) is 10.5. The second-order valence-corrected chi connectivity index (χ2v) is 7.95. The molecule has 3 N–H and O–H groups in total. The van der Waals surface area contributed by atoms with Crippen LogP contribution in [0.15, 0.2) is 4.99 Å². The number of aliphatic imine (C=N–C) groups is 1. The molecule has 0 aromatic heterocycles. The lowest BCUT2D eigenvalue weighted by molar-refractivity contribution is 0.197. The molecule has 0 amide bonds. The SMILES string of the molecule is CCNC(=NCCNS(C)(=O)=O)NC1CCN(C2CC2)CC1.I. The molecular weight excluding hydrogens is 429 g/mol. The topological polar surface area (TPSA) is 85.8 Å². The molecule has 0 bridgehead atoms. The highest BCUT2D eigenvalue weighted by atomic mass is 127. The van der Waals surface area contributed by atoms with Gasteiger partial charge < -0.3 is 15.5 Å². The molecule has 23 heavy (non-hydrogen) atoms. The van der Waals surface area contributed by atoms with E-state index in [0.717, 1.165) is 50.7 Å². The zero-order chi connectivity index (χ0) is 16.0. The van der Waals surface area contributed by atoms with Gasteiger partial charge in [-0.1, -0.05) is 0 Å². The van der Waals surface area contributed by atoms with E-state index in [1.807, 2.05) is 6.92 Å². The third kappa shape index (κ3) is 8.50. The molecule has 1 saturated carbocycles. The number of likely N-dealkylation sites (tertiary alicyclic amines) is 1. The molecule has 0 radical (unpaired) electrons. The predicted molar refractivity (Wildman–Crippen MR) is 105 cm³/mol. The highest BCUT2D eigenvalue weighted by molar-refractivity contribution is 14.0. The summed E-state index contributed by atoms with van der Waals surface area (Å²) in [6.07, 6.45) is 6.18. The van der Waals surface area contributed by atoms with E-state index < -0.39 is 10.0 Å². The first-order valence-corrected chi connectivity index (χ1v) is 10.1. The Morgan fingerprint density at radius 1 is 1.22 bits per heavy atom. The number of nitrogens with one attached hydrogen (secondary N) is 3. The molecule has 1 heterocycles. The fourth-order valence-electron chi connectivity index (χ4n) is 2.76. The number of guanidine groups is 1. The van der Waals surface area contributed by atoms with Crippen LogP contribution in [0.2, 0.25) is 0 Å². The first kappa shape index (κ1) is 20.9. The lowest BCUT2D eigenvalue weighted by atomic mass is 10.1. The third-order valence-corrected chi connectivity index (χ3v) is 4.75. The lowest BCUT2D eigenvalue weighted by Crippen LogP contribution is -2.49. The lowest BCUT2D eigenvalue weighted by Gasteiger charge is -2.33. The summed E-state index contributed by atoms with van der Waals surface area (Å²) < 4.78 is 24.5. The van der Waals surface area contributed by atoms with Crippen LogP contribution in [0.4, 0.5) is 0 Å². The second-order valence-electron chi connectivity index (χ2n) is 6.11. The third-order valence-electron chi connectivity index (χ3n) is 4.02. The minimum absolute atomic E-state index is 0. The van der Waals surface area contributed by atoms with E-state index in [1.54, 1.807) is 0 Å². The normalized spacial score (nSPS) is 20.9. The molecule has 1 saturated heterocycles. The number of piperidine rings is 1. The molecule has 0 aromatic carbocycles. The van der Waals surface area contributed by atoms with Crippen molar-refractivity contribution in [3.05, 3.63) is 0 Å². The summed E-state index contributed by atoms with van der Waals surface area (Å²) in [4.78, 5) is 7.03. The maximum absolute atomic E-state index is 11.0. The van der Waals surface area contributed by atoms with E-state index in [0.29, 0.717) is 19.1 Å². The zero-order valence-electron chi connectivity index (χ0n) is 14.0. The minimum atomic E-state index is -3.14. The number of nitrogens with zero attached hydrogens (tertiary/aromatic N) is 2. The van der Waals surface area contributed by atoms with Gasteiger partial charge in [0.15, 0.2) is 5.96 Å². The molecule has 0 aromatic rings. The van der Waals surface area contributed by atoms with E-state index in [-0.39, 0.29) is 24.0 Å². The molecular formula is C14H30IN5O2S. The van der Waals surface area contributed by atoms with Crippen LogP contribution in [0.25, 0.3) is 0 Å². The number of sulfonamides is 1.